The fraction of sp³-hybridized carbons (Fsp3) is 0.429. The molecule has 0 spiro atoms. The fourth-order valence-corrected chi connectivity index (χ4v) is 3.60. The average molecular weight is 356 g/mol. The van der Waals surface area contributed by atoms with Gasteiger partial charge in [0.25, 0.3) is 5.91 Å². The molecule has 5 heteroatoms. The summed E-state index contributed by atoms with van der Waals surface area (Å²) < 4.78 is 13.3. The summed E-state index contributed by atoms with van der Waals surface area (Å²) in [6, 6.07) is 9.83. The van der Waals surface area contributed by atoms with E-state index in [0.717, 1.165) is 32.1 Å². The van der Waals surface area contributed by atoms with E-state index in [4.69, 9.17) is 0 Å². The van der Waals surface area contributed by atoms with Crippen molar-refractivity contribution in [2.24, 2.45) is 5.92 Å². The van der Waals surface area contributed by atoms with Gasteiger partial charge in [-0.25, -0.2) is 4.39 Å². The average Bonchev–Trinajstić information content (AvgIpc) is 2.68. The van der Waals surface area contributed by atoms with Gasteiger partial charge in [0.15, 0.2) is 0 Å². The van der Waals surface area contributed by atoms with Gasteiger partial charge >= 0.3 is 0 Å². The van der Waals surface area contributed by atoms with Crippen molar-refractivity contribution in [3.05, 3.63) is 54.0 Å². The van der Waals surface area contributed by atoms with Crippen LogP contribution in [0.3, 0.4) is 0 Å². The first-order chi connectivity index (χ1) is 12.6. The van der Waals surface area contributed by atoms with Gasteiger partial charge in [-0.15, -0.1) is 0 Å². The third-order valence-electron chi connectivity index (χ3n) is 5.22. The first-order valence-corrected chi connectivity index (χ1v) is 9.27. The molecule has 0 aliphatic heterocycles. The summed E-state index contributed by atoms with van der Waals surface area (Å²) in [5.74, 6) is -0.0990. The van der Waals surface area contributed by atoms with Gasteiger partial charge in [-0.2, -0.15) is 0 Å². The molecule has 1 aromatic heterocycles. The Morgan fingerprint density at radius 3 is 2.65 bits per heavy atom. The van der Waals surface area contributed by atoms with E-state index >= 15 is 0 Å². The lowest BCUT2D eigenvalue weighted by atomic mass is 9.82. The van der Waals surface area contributed by atoms with E-state index in [1.54, 1.807) is 24.3 Å². The summed E-state index contributed by atoms with van der Waals surface area (Å²) in [4.78, 5) is 16.7. The smallest absolute Gasteiger partial charge is 0.253 e. The number of rotatable bonds is 5. The molecule has 1 atom stereocenters. The van der Waals surface area contributed by atoms with Gasteiger partial charge in [0.2, 0.25) is 0 Å². The number of hydrogen-bond acceptors (Lipinski definition) is 3. The van der Waals surface area contributed by atoms with Gasteiger partial charge in [0.1, 0.15) is 5.82 Å². The molecule has 0 radical (unpaired) electrons. The molecule has 2 N–H and O–H groups in total. The van der Waals surface area contributed by atoms with Crippen molar-refractivity contribution in [2.45, 2.75) is 51.2 Å². The van der Waals surface area contributed by atoms with Crippen LogP contribution in [-0.4, -0.2) is 28.1 Å². The Bertz CT molecular complexity index is 740. The number of benzene rings is 1. The Labute approximate surface area is 153 Å². The van der Waals surface area contributed by atoms with E-state index in [1.807, 2.05) is 6.92 Å². The van der Waals surface area contributed by atoms with Crippen LogP contribution in [0.15, 0.2) is 42.6 Å². The highest BCUT2D eigenvalue weighted by atomic mass is 19.1. The number of carbonyl (C=O) groups is 1. The molecule has 1 aliphatic carbocycles. The number of nitrogens with zero attached hydrogens (tertiary/aromatic N) is 1. The highest BCUT2D eigenvalue weighted by Crippen LogP contribution is 2.28. The molecule has 138 valence electrons. The number of hydrogen-bond donors (Lipinski definition) is 2. The number of aliphatic hydroxyl groups is 1. The lowest BCUT2D eigenvalue weighted by Crippen LogP contribution is -2.39. The lowest BCUT2D eigenvalue weighted by molar-refractivity contribution is 0.0717. The molecule has 3 rings (SSSR count). The lowest BCUT2D eigenvalue weighted by Gasteiger charge is -2.31. The molecule has 1 fully saturated rings. The number of halogens is 1. The van der Waals surface area contributed by atoms with Crippen LogP contribution >= 0.6 is 0 Å². The van der Waals surface area contributed by atoms with Gasteiger partial charge in [0, 0.05) is 17.8 Å². The molecular formula is C21H25FN2O2. The fourth-order valence-electron chi connectivity index (χ4n) is 3.60. The van der Waals surface area contributed by atoms with Crippen molar-refractivity contribution in [3.8, 4) is 11.3 Å². The van der Waals surface area contributed by atoms with Crippen LogP contribution in [0.2, 0.25) is 0 Å². The Balaban J connectivity index is 1.57. The van der Waals surface area contributed by atoms with Gasteiger partial charge in [-0.05, 0) is 62.3 Å². The van der Waals surface area contributed by atoms with Gasteiger partial charge in [0.05, 0.1) is 17.4 Å². The molecule has 0 saturated heterocycles. The molecule has 1 aromatic carbocycles. The Morgan fingerprint density at radius 2 is 2.04 bits per heavy atom. The minimum absolute atomic E-state index is 0.136. The van der Waals surface area contributed by atoms with Crippen molar-refractivity contribution in [1.82, 2.24) is 10.3 Å². The van der Waals surface area contributed by atoms with Crippen LogP contribution < -0.4 is 5.32 Å². The first-order valence-electron chi connectivity index (χ1n) is 9.27. The maximum Gasteiger partial charge on any atom is 0.253 e. The largest absolute Gasteiger partial charge is 0.393 e. The molecule has 2 aromatic rings. The predicted molar refractivity (Wildman–Crippen MR) is 99.1 cm³/mol. The zero-order valence-corrected chi connectivity index (χ0v) is 15.0. The molecular weight excluding hydrogens is 331 g/mol. The molecule has 1 unspecified atom stereocenters. The van der Waals surface area contributed by atoms with Gasteiger partial charge < -0.3 is 10.4 Å². The van der Waals surface area contributed by atoms with E-state index in [1.165, 1.54) is 18.3 Å². The van der Waals surface area contributed by atoms with Crippen LogP contribution in [-0.2, 0) is 0 Å². The first kappa shape index (κ1) is 18.5. The second-order valence-corrected chi connectivity index (χ2v) is 7.00. The minimum atomic E-state index is -0.310. The van der Waals surface area contributed by atoms with Crippen molar-refractivity contribution < 1.29 is 14.3 Å². The third kappa shape index (κ3) is 4.47. The van der Waals surface area contributed by atoms with Crippen molar-refractivity contribution >= 4 is 5.91 Å². The van der Waals surface area contributed by atoms with E-state index < -0.39 is 0 Å². The summed E-state index contributed by atoms with van der Waals surface area (Å²) in [5, 5.41) is 13.0. The van der Waals surface area contributed by atoms with Crippen LogP contribution in [0.1, 0.15) is 49.4 Å². The highest BCUT2D eigenvalue weighted by Gasteiger charge is 2.26. The quantitative estimate of drug-likeness (QED) is 0.853. The number of aromatic nitrogens is 1. The predicted octanol–water partition coefficient (Wildman–Crippen LogP) is 3.95. The summed E-state index contributed by atoms with van der Waals surface area (Å²) in [6.07, 6.45) is 5.75. The van der Waals surface area contributed by atoms with Gasteiger partial charge in [-0.3, -0.25) is 9.78 Å². The summed E-state index contributed by atoms with van der Waals surface area (Å²) in [5.41, 5.74) is 1.82. The molecule has 1 amide bonds. The SMILES string of the molecule is CCC(O)C1CCC(NC(=O)c2ccc(-c3cccc(F)c3)nc2)CC1. The molecule has 1 aliphatic rings. The molecule has 1 saturated carbocycles. The summed E-state index contributed by atoms with van der Waals surface area (Å²) in [7, 11) is 0. The molecule has 4 nitrogen and oxygen atoms in total. The van der Waals surface area contributed by atoms with Crippen LogP contribution in [0.25, 0.3) is 11.3 Å². The van der Waals surface area contributed by atoms with Crippen molar-refractivity contribution in [1.29, 1.82) is 0 Å². The zero-order chi connectivity index (χ0) is 18.5. The van der Waals surface area contributed by atoms with E-state index in [0.29, 0.717) is 22.7 Å². The monoisotopic (exact) mass is 356 g/mol. The number of nitrogens with one attached hydrogen (secondary N) is 1. The topological polar surface area (TPSA) is 62.2 Å². The van der Waals surface area contributed by atoms with E-state index in [9.17, 15) is 14.3 Å². The Kier molecular flexibility index (Phi) is 5.99. The number of amides is 1. The van der Waals surface area contributed by atoms with Gasteiger partial charge in [-0.1, -0.05) is 19.1 Å². The number of carbonyl (C=O) groups excluding carboxylic acids is 1. The normalized spacial score (nSPS) is 21.2. The standard InChI is InChI=1S/C21H25FN2O2/c1-2-20(25)14-6-9-18(10-7-14)24-21(26)16-8-11-19(23-13-16)15-4-3-5-17(22)12-15/h3-5,8,11-14,18,20,25H,2,6-7,9-10H2,1H3,(H,24,26). The van der Waals surface area contributed by atoms with E-state index in [2.05, 4.69) is 10.3 Å². The highest BCUT2D eigenvalue weighted by molar-refractivity contribution is 5.94. The number of aliphatic hydroxyl groups excluding tert-OH is 1. The Hall–Kier alpha value is -2.27. The molecule has 0 bridgehead atoms. The van der Waals surface area contributed by atoms with Crippen molar-refractivity contribution in [3.63, 3.8) is 0 Å². The maximum absolute atomic E-state index is 13.3. The second kappa shape index (κ2) is 8.41. The van der Waals surface area contributed by atoms with E-state index in [-0.39, 0.29) is 23.9 Å². The molecule has 1 heterocycles. The van der Waals surface area contributed by atoms with Crippen LogP contribution in [0.5, 0.6) is 0 Å². The van der Waals surface area contributed by atoms with Crippen LogP contribution in [0, 0.1) is 11.7 Å². The van der Waals surface area contributed by atoms with Crippen LogP contribution in [0.4, 0.5) is 4.39 Å². The third-order valence-corrected chi connectivity index (χ3v) is 5.22. The summed E-state index contributed by atoms with van der Waals surface area (Å²) >= 11 is 0. The minimum Gasteiger partial charge on any atom is -0.393 e. The zero-order valence-electron chi connectivity index (χ0n) is 15.0. The molecule has 26 heavy (non-hydrogen) atoms. The summed E-state index contributed by atoms with van der Waals surface area (Å²) in [6.45, 7) is 2.00. The second-order valence-electron chi connectivity index (χ2n) is 7.00. The Morgan fingerprint density at radius 1 is 1.27 bits per heavy atom. The number of pyridine rings is 1. The van der Waals surface area contributed by atoms with Crippen molar-refractivity contribution in [2.75, 3.05) is 0 Å². The maximum atomic E-state index is 13.3.